The molecule has 0 radical (unpaired) electrons. The van der Waals surface area contributed by atoms with Crippen LogP contribution in [-0.2, 0) is 10.0 Å². The summed E-state index contributed by atoms with van der Waals surface area (Å²) in [5.41, 5.74) is 2.00. The van der Waals surface area contributed by atoms with Gasteiger partial charge in [0.25, 0.3) is 0 Å². The van der Waals surface area contributed by atoms with Gasteiger partial charge in [-0.15, -0.1) is 0 Å². The van der Waals surface area contributed by atoms with Crippen molar-refractivity contribution in [2.24, 2.45) is 0 Å². The molecule has 2 rings (SSSR count). The minimum atomic E-state index is -3.29. The van der Waals surface area contributed by atoms with E-state index in [0.29, 0.717) is 27.8 Å². The van der Waals surface area contributed by atoms with Gasteiger partial charge in [0.05, 0.1) is 16.5 Å². The molecule has 0 fully saturated rings. The Labute approximate surface area is 146 Å². The van der Waals surface area contributed by atoms with Crippen LogP contribution < -0.4 is 10.0 Å². The van der Waals surface area contributed by atoms with E-state index < -0.39 is 10.0 Å². The maximum absolute atomic E-state index is 11.9. The lowest BCUT2D eigenvalue weighted by molar-refractivity contribution is 0.598. The highest BCUT2D eigenvalue weighted by molar-refractivity contribution is 7.92. The molecule has 0 unspecified atom stereocenters. The third-order valence-electron chi connectivity index (χ3n) is 3.13. The first-order valence-electron chi connectivity index (χ1n) is 7.22. The zero-order valence-electron chi connectivity index (χ0n) is 12.6. The third-order valence-corrected chi connectivity index (χ3v) is 5.07. The first kappa shape index (κ1) is 17.9. The molecule has 0 bridgehead atoms. The first-order chi connectivity index (χ1) is 10.9. The van der Waals surface area contributed by atoms with E-state index in [2.05, 4.69) is 10.0 Å². The number of nitrogens with one attached hydrogen (secondary N) is 2. The number of benzene rings is 2. The maximum atomic E-state index is 11.9. The van der Waals surface area contributed by atoms with Gasteiger partial charge in [0.1, 0.15) is 0 Å². The molecule has 0 spiro atoms. The van der Waals surface area contributed by atoms with Gasteiger partial charge in [-0.1, -0.05) is 36.5 Å². The SMILES string of the molecule is CCCCS(=O)(=O)Nc1ccc(Nc2cc(Cl)ccc2Cl)cc1. The molecular weight excluding hydrogens is 355 g/mol. The van der Waals surface area contributed by atoms with Crippen LogP contribution in [-0.4, -0.2) is 14.2 Å². The van der Waals surface area contributed by atoms with Gasteiger partial charge >= 0.3 is 0 Å². The van der Waals surface area contributed by atoms with Gasteiger partial charge in [-0.2, -0.15) is 0 Å². The number of hydrogen-bond donors (Lipinski definition) is 2. The van der Waals surface area contributed by atoms with E-state index in [1.54, 1.807) is 42.5 Å². The van der Waals surface area contributed by atoms with Crippen LogP contribution in [0.1, 0.15) is 19.8 Å². The van der Waals surface area contributed by atoms with Crippen molar-refractivity contribution in [1.82, 2.24) is 0 Å². The number of sulfonamides is 1. The van der Waals surface area contributed by atoms with Gasteiger partial charge in [0, 0.05) is 16.4 Å². The second kappa shape index (κ2) is 7.90. The standard InChI is InChI=1S/C16H18Cl2N2O2S/c1-2-3-10-23(21,22)20-14-7-5-13(6-8-14)19-16-11-12(17)4-9-15(16)18/h4-9,11,19-20H,2-3,10H2,1H3. The Morgan fingerprint density at radius 1 is 1.00 bits per heavy atom. The molecule has 0 aromatic heterocycles. The molecule has 4 nitrogen and oxygen atoms in total. The van der Waals surface area contributed by atoms with Crippen LogP contribution >= 0.6 is 23.2 Å². The fourth-order valence-electron chi connectivity index (χ4n) is 1.94. The average molecular weight is 373 g/mol. The second-order valence-corrected chi connectivity index (χ2v) is 7.79. The highest BCUT2D eigenvalue weighted by Crippen LogP contribution is 2.29. The lowest BCUT2D eigenvalue weighted by atomic mass is 10.2. The van der Waals surface area contributed by atoms with E-state index in [0.717, 1.165) is 12.1 Å². The molecule has 0 amide bonds. The van der Waals surface area contributed by atoms with Crippen molar-refractivity contribution in [2.45, 2.75) is 19.8 Å². The summed E-state index contributed by atoms with van der Waals surface area (Å²) in [5.74, 6) is 0.127. The summed E-state index contributed by atoms with van der Waals surface area (Å²) in [5, 5.41) is 4.28. The first-order valence-corrected chi connectivity index (χ1v) is 9.63. The van der Waals surface area contributed by atoms with E-state index in [1.807, 2.05) is 6.92 Å². The summed E-state index contributed by atoms with van der Waals surface area (Å²) in [6, 6.07) is 12.1. The van der Waals surface area contributed by atoms with Crippen molar-refractivity contribution in [2.75, 3.05) is 15.8 Å². The van der Waals surface area contributed by atoms with Gasteiger partial charge in [-0.25, -0.2) is 8.42 Å². The molecular formula is C16H18Cl2N2O2S. The Balaban J connectivity index is 2.06. The van der Waals surface area contributed by atoms with Crippen LogP contribution in [0.5, 0.6) is 0 Å². The van der Waals surface area contributed by atoms with Crippen LogP contribution in [0.25, 0.3) is 0 Å². The highest BCUT2D eigenvalue weighted by atomic mass is 35.5. The molecule has 124 valence electrons. The van der Waals surface area contributed by atoms with Crippen molar-refractivity contribution in [3.8, 4) is 0 Å². The van der Waals surface area contributed by atoms with E-state index in [-0.39, 0.29) is 5.75 Å². The zero-order chi connectivity index (χ0) is 16.9. The number of halogens is 2. The van der Waals surface area contributed by atoms with Gasteiger partial charge in [-0.3, -0.25) is 4.72 Å². The maximum Gasteiger partial charge on any atom is 0.232 e. The van der Waals surface area contributed by atoms with Gasteiger partial charge in [0.15, 0.2) is 0 Å². The van der Waals surface area contributed by atoms with Crippen molar-refractivity contribution in [1.29, 1.82) is 0 Å². The molecule has 7 heteroatoms. The van der Waals surface area contributed by atoms with Crippen LogP contribution in [0.2, 0.25) is 10.0 Å². The smallest absolute Gasteiger partial charge is 0.232 e. The molecule has 0 aliphatic heterocycles. The molecule has 2 N–H and O–H groups in total. The molecule has 0 saturated heterocycles. The molecule has 0 aliphatic rings. The van der Waals surface area contributed by atoms with Crippen molar-refractivity contribution < 1.29 is 8.42 Å². The fraction of sp³-hybridized carbons (Fsp3) is 0.250. The number of hydrogen-bond acceptors (Lipinski definition) is 3. The van der Waals surface area contributed by atoms with E-state index in [1.165, 1.54) is 0 Å². The lowest BCUT2D eigenvalue weighted by Gasteiger charge is -2.11. The predicted octanol–water partition coefficient (Wildman–Crippen LogP) is 5.28. The molecule has 0 aliphatic carbocycles. The molecule has 23 heavy (non-hydrogen) atoms. The minimum absolute atomic E-state index is 0.127. The molecule has 0 atom stereocenters. The quantitative estimate of drug-likeness (QED) is 0.694. The van der Waals surface area contributed by atoms with Crippen LogP contribution in [0.15, 0.2) is 42.5 Å². The fourth-order valence-corrected chi connectivity index (χ4v) is 3.54. The van der Waals surface area contributed by atoms with Crippen LogP contribution in [0, 0.1) is 0 Å². The summed E-state index contributed by atoms with van der Waals surface area (Å²) in [6.07, 6.45) is 1.48. The largest absolute Gasteiger partial charge is 0.354 e. The Morgan fingerprint density at radius 3 is 2.30 bits per heavy atom. The summed E-state index contributed by atoms with van der Waals surface area (Å²) in [6.45, 7) is 1.96. The van der Waals surface area contributed by atoms with Crippen molar-refractivity contribution in [3.63, 3.8) is 0 Å². The Morgan fingerprint density at radius 2 is 1.65 bits per heavy atom. The number of rotatable bonds is 7. The number of unbranched alkanes of at least 4 members (excludes halogenated alkanes) is 1. The molecule has 0 heterocycles. The molecule has 2 aromatic carbocycles. The third kappa shape index (κ3) is 5.61. The monoisotopic (exact) mass is 372 g/mol. The minimum Gasteiger partial charge on any atom is -0.354 e. The Hall–Kier alpha value is -1.43. The van der Waals surface area contributed by atoms with E-state index in [9.17, 15) is 8.42 Å². The van der Waals surface area contributed by atoms with Gasteiger partial charge in [-0.05, 0) is 48.9 Å². The summed E-state index contributed by atoms with van der Waals surface area (Å²) < 4.78 is 26.3. The number of anilines is 3. The Bertz CT molecular complexity index is 762. The van der Waals surface area contributed by atoms with Crippen molar-refractivity contribution >= 4 is 50.3 Å². The predicted molar refractivity (Wildman–Crippen MR) is 98.5 cm³/mol. The van der Waals surface area contributed by atoms with Crippen LogP contribution in [0.4, 0.5) is 17.1 Å². The lowest BCUT2D eigenvalue weighted by Crippen LogP contribution is -2.16. The summed E-state index contributed by atoms with van der Waals surface area (Å²) in [7, 11) is -3.29. The highest BCUT2D eigenvalue weighted by Gasteiger charge is 2.09. The van der Waals surface area contributed by atoms with E-state index >= 15 is 0 Å². The van der Waals surface area contributed by atoms with E-state index in [4.69, 9.17) is 23.2 Å². The average Bonchev–Trinajstić information content (AvgIpc) is 2.51. The topological polar surface area (TPSA) is 58.2 Å². The normalized spacial score (nSPS) is 11.3. The second-order valence-electron chi connectivity index (χ2n) is 5.10. The summed E-state index contributed by atoms with van der Waals surface area (Å²) >= 11 is 12.0. The van der Waals surface area contributed by atoms with Gasteiger partial charge < -0.3 is 5.32 Å². The zero-order valence-corrected chi connectivity index (χ0v) is 15.0. The molecule has 2 aromatic rings. The Kier molecular flexibility index (Phi) is 6.16. The van der Waals surface area contributed by atoms with Crippen molar-refractivity contribution in [3.05, 3.63) is 52.5 Å². The molecule has 0 saturated carbocycles. The summed E-state index contributed by atoms with van der Waals surface area (Å²) in [4.78, 5) is 0. The van der Waals surface area contributed by atoms with Gasteiger partial charge in [0.2, 0.25) is 10.0 Å². The van der Waals surface area contributed by atoms with Crippen LogP contribution in [0.3, 0.4) is 0 Å².